The summed E-state index contributed by atoms with van der Waals surface area (Å²) in [7, 11) is 2.07. The van der Waals surface area contributed by atoms with Gasteiger partial charge in [0, 0.05) is 32.1 Å². The second-order valence-electron chi connectivity index (χ2n) is 4.77. The van der Waals surface area contributed by atoms with Gasteiger partial charge in [0.15, 0.2) is 0 Å². The minimum absolute atomic E-state index is 0.000487. The molecule has 0 radical (unpaired) electrons. The first-order valence-corrected chi connectivity index (χ1v) is 5.86. The standard InChI is InChI=1S/C11H19N3O2/c1-8-7-14(6-5-13(8)2)11(16)9-3-4-10(15)12-9/h8-9H,3-7H2,1-2H3,(H,12,15). The van der Waals surface area contributed by atoms with Crippen LogP contribution in [0.1, 0.15) is 19.8 Å². The lowest BCUT2D eigenvalue weighted by molar-refractivity contribution is -0.136. The molecule has 0 aromatic heterocycles. The van der Waals surface area contributed by atoms with Crippen molar-refractivity contribution in [3.63, 3.8) is 0 Å². The van der Waals surface area contributed by atoms with E-state index in [1.807, 2.05) is 4.90 Å². The van der Waals surface area contributed by atoms with Crippen molar-refractivity contribution in [3.05, 3.63) is 0 Å². The molecule has 0 aromatic rings. The molecule has 0 bridgehead atoms. The molecule has 2 unspecified atom stereocenters. The van der Waals surface area contributed by atoms with Gasteiger partial charge in [0.25, 0.3) is 0 Å². The lowest BCUT2D eigenvalue weighted by Crippen LogP contribution is -2.55. The Balaban J connectivity index is 1.92. The summed E-state index contributed by atoms with van der Waals surface area (Å²) in [5.74, 6) is 0.0892. The molecule has 5 heteroatoms. The molecule has 2 rings (SSSR count). The molecule has 2 amide bonds. The first-order chi connectivity index (χ1) is 7.58. The number of carbonyl (C=O) groups excluding carboxylic acids is 2. The molecule has 1 N–H and O–H groups in total. The Morgan fingerprint density at radius 1 is 1.44 bits per heavy atom. The van der Waals surface area contributed by atoms with Crippen molar-refractivity contribution >= 4 is 11.8 Å². The summed E-state index contributed by atoms with van der Waals surface area (Å²) in [6, 6.07) is 0.123. The number of likely N-dealkylation sites (N-methyl/N-ethyl adjacent to an activating group) is 1. The summed E-state index contributed by atoms with van der Waals surface area (Å²) in [6.07, 6.45) is 1.14. The van der Waals surface area contributed by atoms with Crippen molar-refractivity contribution in [2.75, 3.05) is 26.7 Å². The van der Waals surface area contributed by atoms with Gasteiger partial charge < -0.3 is 15.1 Å². The van der Waals surface area contributed by atoms with Crippen LogP contribution >= 0.6 is 0 Å². The summed E-state index contributed by atoms with van der Waals surface area (Å²) in [4.78, 5) is 27.3. The Bertz CT molecular complexity index is 306. The molecule has 0 spiro atoms. The van der Waals surface area contributed by atoms with E-state index in [0.717, 1.165) is 19.6 Å². The highest BCUT2D eigenvalue weighted by molar-refractivity contribution is 5.90. The Morgan fingerprint density at radius 3 is 2.75 bits per heavy atom. The van der Waals surface area contributed by atoms with Gasteiger partial charge in [-0.1, -0.05) is 0 Å². The molecule has 5 nitrogen and oxygen atoms in total. The largest absolute Gasteiger partial charge is 0.344 e. The van der Waals surface area contributed by atoms with Crippen molar-refractivity contribution in [2.45, 2.75) is 31.8 Å². The third-order valence-electron chi connectivity index (χ3n) is 3.56. The molecule has 2 saturated heterocycles. The van der Waals surface area contributed by atoms with Crippen LogP contribution in [-0.2, 0) is 9.59 Å². The smallest absolute Gasteiger partial charge is 0.245 e. The predicted molar refractivity (Wildman–Crippen MR) is 59.8 cm³/mol. The average molecular weight is 225 g/mol. The summed E-state index contributed by atoms with van der Waals surface area (Å²) >= 11 is 0. The highest BCUT2D eigenvalue weighted by Crippen LogP contribution is 2.13. The molecule has 90 valence electrons. The van der Waals surface area contributed by atoms with Gasteiger partial charge in [0.2, 0.25) is 11.8 Å². The van der Waals surface area contributed by atoms with E-state index in [2.05, 4.69) is 24.2 Å². The van der Waals surface area contributed by atoms with Gasteiger partial charge in [-0.05, 0) is 20.4 Å². The van der Waals surface area contributed by atoms with E-state index >= 15 is 0 Å². The molecule has 0 aromatic carbocycles. The van der Waals surface area contributed by atoms with Gasteiger partial charge >= 0.3 is 0 Å². The molecular weight excluding hydrogens is 206 g/mol. The maximum atomic E-state index is 12.1. The van der Waals surface area contributed by atoms with Gasteiger partial charge in [-0.15, -0.1) is 0 Å². The van der Waals surface area contributed by atoms with E-state index in [1.165, 1.54) is 0 Å². The minimum Gasteiger partial charge on any atom is -0.344 e. The first kappa shape index (κ1) is 11.4. The quantitative estimate of drug-likeness (QED) is 0.650. The normalized spacial score (nSPS) is 31.6. The maximum Gasteiger partial charge on any atom is 0.245 e. The van der Waals surface area contributed by atoms with Crippen LogP contribution in [0.4, 0.5) is 0 Å². The first-order valence-electron chi connectivity index (χ1n) is 5.86. The van der Waals surface area contributed by atoms with Crippen LogP contribution in [0.3, 0.4) is 0 Å². The van der Waals surface area contributed by atoms with Gasteiger partial charge in [-0.25, -0.2) is 0 Å². The topological polar surface area (TPSA) is 52.7 Å². The van der Waals surface area contributed by atoms with Crippen LogP contribution < -0.4 is 5.32 Å². The number of nitrogens with zero attached hydrogens (tertiary/aromatic N) is 2. The molecule has 0 saturated carbocycles. The average Bonchev–Trinajstić information content (AvgIpc) is 2.68. The van der Waals surface area contributed by atoms with E-state index in [9.17, 15) is 9.59 Å². The van der Waals surface area contributed by atoms with E-state index in [1.54, 1.807) is 0 Å². The minimum atomic E-state index is -0.275. The van der Waals surface area contributed by atoms with Crippen molar-refractivity contribution in [1.29, 1.82) is 0 Å². The fourth-order valence-electron chi connectivity index (χ4n) is 2.27. The van der Waals surface area contributed by atoms with Crippen LogP contribution in [0.25, 0.3) is 0 Å². The van der Waals surface area contributed by atoms with Gasteiger partial charge in [-0.2, -0.15) is 0 Å². The van der Waals surface area contributed by atoms with E-state index < -0.39 is 0 Å². The highest BCUT2D eigenvalue weighted by Gasteiger charge is 2.33. The molecule has 0 aliphatic carbocycles. The molecule has 2 heterocycles. The van der Waals surface area contributed by atoms with Crippen LogP contribution in [-0.4, -0.2) is 60.4 Å². The maximum absolute atomic E-state index is 12.1. The fraction of sp³-hybridized carbons (Fsp3) is 0.818. The van der Waals surface area contributed by atoms with Crippen molar-refractivity contribution in [3.8, 4) is 0 Å². The monoisotopic (exact) mass is 225 g/mol. The zero-order valence-corrected chi connectivity index (χ0v) is 9.90. The Morgan fingerprint density at radius 2 is 2.19 bits per heavy atom. The Hall–Kier alpha value is -1.10. The lowest BCUT2D eigenvalue weighted by atomic mass is 10.1. The second kappa shape index (κ2) is 4.41. The van der Waals surface area contributed by atoms with Crippen molar-refractivity contribution < 1.29 is 9.59 Å². The summed E-state index contributed by atoms with van der Waals surface area (Å²) in [5.41, 5.74) is 0. The van der Waals surface area contributed by atoms with Crippen LogP contribution in [0.5, 0.6) is 0 Å². The number of rotatable bonds is 1. The van der Waals surface area contributed by atoms with E-state index in [4.69, 9.17) is 0 Å². The lowest BCUT2D eigenvalue weighted by Gasteiger charge is -2.38. The fourth-order valence-corrected chi connectivity index (χ4v) is 2.27. The second-order valence-corrected chi connectivity index (χ2v) is 4.77. The number of amides is 2. The van der Waals surface area contributed by atoms with Crippen molar-refractivity contribution in [2.24, 2.45) is 0 Å². The Kier molecular flexibility index (Phi) is 3.14. The van der Waals surface area contributed by atoms with Crippen LogP contribution in [0.2, 0.25) is 0 Å². The zero-order chi connectivity index (χ0) is 11.7. The molecule has 2 aliphatic heterocycles. The number of hydrogen-bond donors (Lipinski definition) is 1. The Labute approximate surface area is 95.8 Å². The highest BCUT2D eigenvalue weighted by atomic mass is 16.2. The SMILES string of the molecule is CC1CN(C(=O)C2CCC(=O)N2)CCN1C. The van der Waals surface area contributed by atoms with E-state index in [-0.39, 0.29) is 17.9 Å². The van der Waals surface area contributed by atoms with Gasteiger partial charge in [0.1, 0.15) is 6.04 Å². The molecular formula is C11H19N3O2. The molecule has 2 aliphatic rings. The van der Waals surface area contributed by atoms with Crippen molar-refractivity contribution in [1.82, 2.24) is 15.1 Å². The number of piperazine rings is 1. The summed E-state index contributed by atoms with van der Waals surface area (Å²) < 4.78 is 0. The van der Waals surface area contributed by atoms with Gasteiger partial charge in [0.05, 0.1) is 0 Å². The molecule has 16 heavy (non-hydrogen) atoms. The third-order valence-corrected chi connectivity index (χ3v) is 3.56. The third kappa shape index (κ3) is 2.19. The van der Waals surface area contributed by atoms with Crippen LogP contribution in [0, 0.1) is 0 Å². The summed E-state index contributed by atoms with van der Waals surface area (Å²) in [6.45, 7) is 4.56. The molecule has 2 atom stereocenters. The predicted octanol–water partition coefficient (Wildman–Crippen LogP) is -0.572. The molecule has 2 fully saturated rings. The number of hydrogen-bond acceptors (Lipinski definition) is 3. The van der Waals surface area contributed by atoms with Crippen LogP contribution in [0.15, 0.2) is 0 Å². The number of carbonyl (C=O) groups is 2. The number of nitrogens with one attached hydrogen (secondary N) is 1. The van der Waals surface area contributed by atoms with Gasteiger partial charge in [-0.3, -0.25) is 9.59 Å². The van der Waals surface area contributed by atoms with E-state index in [0.29, 0.717) is 18.9 Å². The summed E-state index contributed by atoms with van der Waals surface area (Å²) in [5, 5.41) is 2.73. The zero-order valence-electron chi connectivity index (χ0n) is 9.90.